The predicted octanol–water partition coefficient (Wildman–Crippen LogP) is 3.38. The minimum Gasteiger partial charge on any atom is -0.327 e. The molecule has 2 heterocycles. The summed E-state index contributed by atoms with van der Waals surface area (Å²) in [5, 5.41) is 2.64. The van der Waals surface area contributed by atoms with E-state index < -0.39 is 5.82 Å². The molecule has 1 aromatic carbocycles. The highest BCUT2D eigenvalue weighted by molar-refractivity contribution is 8.00. The highest BCUT2D eigenvalue weighted by Crippen LogP contribution is 2.44. The number of hydrogen-bond donors (Lipinski definition) is 1. The minimum absolute atomic E-state index is 0.0158. The van der Waals surface area contributed by atoms with E-state index in [1.54, 1.807) is 23.1 Å². The first-order chi connectivity index (χ1) is 11.9. The topological polar surface area (TPSA) is 52.7 Å². The maximum absolute atomic E-state index is 13.7. The molecule has 7 heteroatoms. The highest BCUT2D eigenvalue weighted by Gasteiger charge is 2.47. The van der Waals surface area contributed by atoms with Gasteiger partial charge in [0.1, 0.15) is 5.82 Å². The second-order valence-corrected chi connectivity index (χ2v) is 8.29. The van der Waals surface area contributed by atoms with E-state index in [-0.39, 0.29) is 28.4 Å². The lowest BCUT2D eigenvalue weighted by Crippen LogP contribution is -2.55. The van der Waals surface area contributed by atoms with Crippen molar-refractivity contribution in [2.45, 2.75) is 31.6 Å². The number of halogens is 1. The number of benzene rings is 1. The van der Waals surface area contributed by atoms with Crippen molar-refractivity contribution in [3.8, 4) is 0 Å². The smallest absolute Gasteiger partial charge is 0.321 e. The van der Waals surface area contributed by atoms with Crippen LogP contribution in [0.3, 0.4) is 0 Å². The van der Waals surface area contributed by atoms with Gasteiger partial charge < -0.3 is 15.1 Å². The summed E-state index contributed by atoms with van der Waals surface area (Å²) in [5.41, 5.74) is 0.194. The number of amides is 3. The number of nitrogens with zero attached hydrogens (tertiary/aromatic N) is 2. The fourth-order valence-electron chi connectivity index (χ4n) is 3.46. The van der Waals surface area contributed by atoms with Crippen molar-refractivity contribution < 1.29 is 14.0 Å². The zero-order valence-corrected chi connectivity index (χ0v) is 15.4. The van der Waals surface area contributed by atoms with Gasteiger partial charge in [-0.1, -0.05) is 26.0 Å². The molecule has 136 valence electrons. The monoisotopic (exact) mass is 365 g/mol. The van der Waals surface area contributed by atoms with Gasteiger partial charge in [-0.3, -0.25) is 4.79 Å². The molecule has 0 bridgehead atoms. The number of para-hydroxylation sites is 1. The van der Waals surface area contributed by atoms with E-state index in [4.69, 9.17) is 0 Å². The molecule has 25 heavy (non-hydrogen) atoms. The zero-order valence-electron chi connectivity index (χ0n) is 14.6. The van der Waals surface area contributed by atoms with Gasteiger partial charge in [-0.05, 0) is 25.0 Å². The summed E-state index contributed by atoms with van der Waals surface area (Å²) in [6, 6.07) is 5.87. The van der Waals surface area contributed by atoms with Gasteiger partial charge in [0.05, 0.1) is 10.6 Å². The van der Waals surface area contributed by atoms with Crippen LogP contribution in [0.2, 0.25) is 0 Å². The van der Waals surface area contributed by atoms with E-state index in [2.05, 4.69) is 5.32 Å². The largest absolute Gasteiger partial charge is 0.327 e. The fraction of sp³-hybridized carbons (Fsp3) is 0.556. The summed E-state index contributed by atoms with van der Waals surface area (Å²) < 4.78 is 13.7. The summed E-state index contributed by atoms with van der Waals surface area (Å²) in [6.07, 6.45) is 1.50. The SMILES string of the molecule is CC(C)C(=O)N1CCSC12CCN(C(=O)Nc1ccccc1F)CC2. The van der Waals surface area contributed by atoms with Crippen LogP contribution in [0.5, 0.6) is 0 Å². The van der Waals surface area contributed by atoms with Crippen LogP contribution in [-0.2, 0) is 4.79 Å². The van der Waals surface area contributed by atoms with Gasteiger partial charge in [-0.25, -0.2) is 9.18 Å². The zero-order chi connectivity index (χ0) is 18.0. The standard InChI is InChI=1S/C18H24FN3O2S/c1-13(2)16(23)22-11-12-25-18(22)7-9-21(10-8-18)17(24)20-15-6-4-3-5-14(15)19/h3-6,13H,7-12H2,1-2H3,(H,20,24). The molecule has 0 saturated carbocycles. The molecule has 2 fully saturated rings. The first-order valence-corrected chi connectivity index (χ1v) is 9.67. The average molecular weight is 365 g/mol. The Bertz CT molecular complexity index is 659. The Hall–Kier alpha value is -1.76. The molecule has 2 aliphatic heterocycles. The Kier molecular flexibility index (Phi) is 5.22. The summed E-state index contributed by atoms with van der Waals surface area (Å²) in [6.45, 7) is 5.76. The maximum atomic E-state index is 13.7. The van der Waals surface area contributed by atoms with Crippen LogP contribution < -0.4 is 5.32 Å². The van der Waals surface area contributed by atoms with Crippen molar-refractivity contribution in [1.29, 1.82) is 0 Å². The molecule has 3 rings (SSSR count). The lowest BCUT2D eigenvalue weighted by molar-refractivity contribution is -0.137. The maximum Gasteiger partial charge on any atom is 0.321 e. The number of rotatable bonds is 2. The molecule has 5 nitrogen and oxygen atoms in total. The van der Waals surface area contributed by atoms with E-state index in [0.29, 0.717) is 13.1 Å². The number of hydrogen-bond acceptors (Lipinski definition) is 3. The van der Waals surface area contributed by atoms with E-state index in [1.807, 2.05) is 30.5 Å². The minimum atomic E-state index is -0.440. The molecule has 0 aromatic heterocycles. The molecule has 0 radical (unpaired) electrons. The Labute approximate surface area is 151 Å². The number of thioether (sulfide) groups is 1. The number of likely N-dealkylation sites (tertiary alicyclic amines) is 1. The van der Waals surface area contributed by atoms with Gasteiger partial charge in [-0.15, -0.1) is 11.8 Å². The van der Waals surface area contributed by atoms with Crippen molar-refractivity contribution in [3.63, 3.8) is 0 Å². The van der Waals surface area contributed by atoms with Crippen molar-refractivity contribution in [1.82, 2.24) is 9.80 Å². The number of nitrogens with one attached hydrogen (secondary N) is 1. The molecule has 2 saturated heterocycles. The van der Waals surface area contributed by atoms with Gasteiger partial charge in [0.15, 0.2) is 0 Å². The second kappa shape index (κ2) is 7.23. The molecular formula is C18H24FN3O2S. The molecule has 1 aromatic rings. The Morgan fingerprint density at radius 2 is 1.88 bits per heavy atom. The summed E-state index contributed by atoms with van der Waals surface area (Å²) in [5.74, 6) is 0.677. The summed E-state index contributed by atoms with van der Waals surface area (Å²) in [7, 11) is 0. The third kappa shape index (κ3) is 3.61. The predicted molar refractivity (Wildman–Crippen MR) is 98.0 cm³/mol. The first-order valence-electron chi connectivity index (χ1n) is 8.69. The van der Waals surface area contributed by atoms with Crippen LogP contribution in [0.25, 0.3) is 0 Å². The molecule has 0 aliphatic carbocycles. The number of carbonyl (C=O) groups excluding carboxylic acids is 2. The van der Waals surface area contributed by atoms with Gasteiger partial charge >= 0.3 is 6.03 Å². The molecule has 1 N–H and O–H groups in total. The van der Waals surface area contributed by atoms with Gasteiger partial charge in [0, 0.05) is 31.3 Å². The Balaban J connectivity index is 1.62. The Morgan fingerprint density at radius 3 is 2.52 bits per heavy atom. The van der Waals surface area contributed by atoms with Crippen molar-refractivity contribution in [3.05, 3.63) is 30.1 Å². The number of urea groups is 1. The number of piperidine rings is 1. The van der Waals surface area contributed by atoms with Crippen LogP contribution in [0.15, 0.2) is 24.3 Å². The fourth-order valence-corrected chi connectivity index (χ4v) is 4.92. The summed E-state index contributed by atoms with van der Waals surface area (Å²) in [4.78, 5) is 28.4. The quantitative estimate of drug-likeness (QED) is 0.874. The third-order valence-electron chi connectivity index (χ3n) is 4.88. The highest BCUT2D eigenvalue weighted by atomic mass is 32.2. The van der Waals surface area contributed by atoms with E-state index in [0.717, 1.165) is 25.1 Å². The molecular weight excluding hydrogens is 341 g/mol. The second-order valence-electron chi connectivity index (χ2n) is 6.84. The van der Waals surface area contributed by atoms with Crippen LogP contribution in [0.4, 0.5) is 14.9 Å². The molecule has 2 aliphatic rings. The van der Waals surface area contributed by atoms with Crippen LogP contribution in [0, 0.1) is 11.7 Å². The molecule has 1 spiro atoms. The molecule has 3 amide bonds. The average Bonchev–Trinajstić information content (AvgIpc) is 2.99. The van der Waals surface area contributed by atoms with Gasteiger partial charge in [0.2, 0.25) is 5.91 Å². The van der Waals surface area contributed by atoms with E-state index >= 15 is 0 Å². The van der Waals surface area contributed by atoms with Crippen molar-refractivity contribution >= 4 is 29.4 Å². The Morgan fingerprint density at radius 1 is 1.20 bits per heavy atom. The molecule has 0 unspecified atom stereocenters. The molecule has 0 atom stereocenters. The van der Waals surface area contributed by atoms with Gasteiger partial charge in [0.25, 0.3) is 0 Å². The number of anilines is 1. The lowest BCUT2D eigenvalue weighted by atomic mass is 10.0. The van der Waals surface area contributed by atoms with Gasteiger partial charge in [-0.2, -0.15) is 0 Å². The lowest BCUT2D eigenvalue weighted by Gasteiger charge is -2.44. The normalized spacial score (nSPS) is 19.5. The van der Waals surface area contributed by atoms with E-state index in [1.165, 1.54) is 6.07 Å². The van der Waals surface area contributed by atoms with Crippen molar-refractivity contribution in [2.24, 2.45) is 5.92 Å². The van der Waals surface area contributed by atoms with Crippen LogP contribution in [0.1, 0.15) is 26.7 Å². The number of carbonyl (C=O) groups is 2. The van der Waals surface area contributed by atoms with Crippen LogP contribution >= 0.6 is 11.8 Å². The van der Waals surface area contributed by atoms with E-state index in [9.17, 15) is 14.0 Å². The first kappa shape index (κ1) is 18.0. The summed E-state index contributed by atoms with van der Waals surface area (Å²) >= 11 is 1.83. The van der Waals surface area contributed by atoms with Crippen LogP contribution in [-0.4, -0.2) is 52.0 Å². The third-order valence-corrected chi connectivity index (χ3v) is 6.44. The van der Waals surface area contributed by atoms with Crippen molar-refractivity contribution in [2.75, 3.05) is 30.7 Å².